The summed E-state index contributed by atoms with van der Waals surface area (Å²) in [6, 6.07) is 12.0. The van der Waals surface area contributed by atoms with Crippen molar-refractivity contribution in [3.05, 3.63) is 81.7 Å². The zero-order valence-electron chi connectivity index (χ0n) is 28.3. The number of nitrogens with zero attached hydrogens (tertiary/aromatic N) is 2. The van der Waals surface area contributed by atoms with Crippen molar-refractivity contribution >= 4 is 40.9 Å². The molecule has 13 heteroatoms. The summed E-state index contributed by atoms with van der Waals surface area (Å²) >= 11 is 1.55. The predicted molar refractivity (Wildman–Crippen MR) is 186 cm³/mol. The van der Waals surface area contributed by atoms with E-state index in [2.05, 4.69) is 25.9 Å². The number of hydrogen-bond donors (Lipinski definition) is 3. The highest BCUT2D eigenvalue weighted by Gasteiger charge is 2.27. The van der Waals surface area contributed by atoms with Crippen LogP contribution in [0.4, 0.5) is 10.5 Å². The number of fused-ring (bicyclic) bond motifs is 3. The number of aryl methyl sites for hydroxylation is 1. The molecule has 0 bridgehead atoms. The van der Waals surface area contributed by atoms with Gasteiger partial charge in [0.2, 0.25) is 0 Å². The minimum Gasteiger partial charge on any atom is -0.493 e. The quantitative estimate of drug-likeness (QED) is 0.172. The van der Waals surface area contributed by atoms with Gasteiger partial charge >= 0.3 is 12.1 Å². The second-order valence-electron chi connectivity index (χ2n) is 12.4. The van der Waals surface area contributed by atoms with E-state index in [0.29, 0.717) is 53.5 Å². The van der Waals surface area contributed by atoms with E-state index in [-0.39, 0.29) is 23.5 Å². The number of hydrogen-bond acceptors (Lipinski definition) is 10. The van der Waals surface area contributed by atoms with Gasteiger partial charge in [-0.15, -0.1) is 11.3 Å². The summed E-state index contributed by atoms with van der Waals surface area (Å²) in [5.41, 5.74) is 3.61. The van der Waals surface area contributed by atoms with E-state index in [0.717, 1.165) is 22.4 Å². The maximum absolute atomic E-state index is 14.2. The summed E-state index contributed by atoms with van der Waals surface area (Å²) in [4.78, 5) is 62.1. The molecule has 12 nitrogen and oxygen atoms in total. The average Bonchev–Trinajstić information content (AvgIpc) is 3.47. The molecule has 0 atom stereocenters. The van der Waals surface area contributed by atoms with Gasteiger partial charge in [0.1, 0.15) is 17.0 Å². The largest absolute Gasteiger partial charge is 0.493 e. The topological polar surface area (TPSA) is 158 Å². The highest BCUT2D eigenvalue weighted by atomic mass is 32.1. The SMILES string of the molecule is CCCNC(=O)c1ccc(-c2cc3c(cc2C(=O)Nc2ccc(CNC(=O)OC(C)(C)C)nc2C)-c2sccc2CCO3)c(C(=O)OC)n1. The van der Waals surface area contributed by atoms with Crippen molar-refractivity contribution in [2.24, 2.45) is 0 Å². The number of benzene rings is 1. The number of pyridine rings is 2. The molecule has 1 aromatic carbocycles. The van der Waals surface area contributed by atoms with Gasteiger partial charge in [-0.1, -0.05) is 6.92 Å². The molecule has 3 amide bonds. The van der Waals surface area contributed by atoms with Gasteiger partial charge in [0.15, 0.2) is 5.69 Å². The van der Waals surface area contributed by atoms with Crippen LogP contribution in [0.25, 0.3) is 21.6 Å². The molecule has 4 aromatic rings. The zero-order valence-corrected chi connectivity index (χ0v) is 29.1. The Balaban J connectivity index is 1.54. The lowest BCUT2D eigenvalue weighted by atomic mass is 9.93. The first kappa shape index (κ1) is 35.0. The van der Waals surface area contributed by atoms with Gasteiger partial charge in [0.05, 0.1) is 37.3 Å². The highest BCUT2D eigenvalue weighted by molar-refractivity contribution is 7.13. The Labute approximate surface area is 288 Å². The van der Waals surface area contributed by atoms with E-state index in [4.69, 9.17) is 14.2 Å². The molecule has 0 saturated heterocycles. The predicted octanol–water partition coefficient (Wildman–Crippen LogP) is 6.32. The molecule has 0 radical (unpaired) electrons. The third-order valence-electron chi connectivity index (χ3n) is 7.52. The number of rotatable bonds is 9. The Morgan fingerprint density at radius 1 is 0.959 bits per heavy atom. The van der Waals surface area contributed by atoms with E-state index in [1.165, 1.54) is 13.2 Å². The number of aromatic nitrogens is 2. The minimum atomic E-state index is -0.765. The van der Waals surface area contributed by atoms with Crippen LogP contribution in [0.3, 0.4) is 0 Å². The van der Waals surface area contributed by atoms with Crippen LogP contribution in [0.15, 0.2) is 47.8 Å². The van der Waals surface area contributed by atoms with Crippen molar-refractivity contribution in [3.8, 4) is 27.3 Å². The number of thiophene rings is 1. The maximum atomic E-state index is 14.2. The lowest BCUT2D eigenvalue weighted by Gasteiger charge is -2.19. The zero-order chi connectivity index (χ0) is 35.3. The molecule has 0 aliphatic carbocycles. The Hall–Kier alpha value is -5.30. The highest BCUT2D eigenvalue weighted by Crippen LogP contribution is 2.43. The summed E-state index contributed by atoms with van der Waals surface area (Å²) in [6.45, 7) is 10.0. The van der Waals surface area contributed by atoms with Crippen molar-refractivity contribution < 1.29 is 33.4 Å². The van der Waals surface area contributed by atoms with Gasteiger partial charge in [-0.05, 0) is 87.5 Å². The lowest BCUT2D eigenvalue weighted by Crippen LogP contribution is -2.32. The Bertz CT molecular complexity index is 1910. The van der Waals surface area contributed by atoms with Gasteiger partial charge in [0.25, 0.3) is 11.8 Å². The third kappa shape index (κ3) is 8.23. The van der Waals surface area contributed by atoms with Crippen LogP contribution in [-0.2, 0) is 22.4 Å². The molecular weight excluding hydrogens is 646 g/mol. The van der Waals surface area contributed by atoms with Crippen molar-refractivity contribution in [1.82, 2.24) is 20.6 Å². The van der Waals surface area contributed by atoms with E-state index >= 15 is 0 Å². The molecule has 256 valence electrons. The Kier molecular flexibility index (Phi) is 10.6. The second-order valence-corrected chi connectivity index (χ2v) is 13.3. The van der Waals surface area contributed by atoms with Crippen LogP contribution in [0, 0.1) is 6.92 Å². The fourth-order valence-electron chi connectivity index (χ4n) is 5.22. The average molecular weight is 686 g/mol. The van der Waals surface area contributed by atoms with Crippen LogP contribution in [0.2, 0.25) is 0 Å². The Morgan fingerprint density at radius 2 is 1.76 bits per heavy atom. The molecule has 0 unspecified atom stereocenters. The first-order valence-electron chi connectivity index (χ1n) is 15.9. The van der Waals surface area contributed by atoms with Crippen LogP contribution >= 0.6 is 11.3 Å². The van der Waals surface area contributed by atoms with Gasteiger partial charge in [-0.2, -0.15) is 0 Å². The Morgan fingerprint density at radius 3 is 2.47 bits per heavy atom. The van der Waals surface area contributed by atoms with Crippen LogP contribution in [-0.4, -0.2) is 59.7 Å². The van der Waals surface area contributed by atoms with E-state index < -0.39 is 29.5 Å². The molecule has 0 spiro atoms. The molecule has 0 fully saturated rings. The summed E-state index contributed by atoms with van der Waals surface area (Å²) < 4.78 is 16.5. The summed E-state index contributed by atoms with van der Waals surface area (Å²) in [5, 5.41) is 10.4. The van der Waals surface area contributed by atoms with Crippen molar-refractivity contribution in [3.63, 3.8) is 0 Å². The summed E-state index contributed by atoms with van der Waals surface area (Å²) in [6.07, 6.45) is 0.864. The first-order valence-corrected chi connectivity index (χ1v) is 16.8. The first-order chi connectivity index (χ1) is 23.4. The summed E-state index contributed by atoms with van der Waals surface area (Å²) in [7, 11) is 1.23. The number of esters is 1. The van der Waals surface area contributed by atoms with Crippen LogP contribution < -0.4 is 20.7 Å². The molecule has 1 aliphatic rings. The van der Waals surface area contributed by atoms with Gasteiger partial charge in [-0.25, -0.2) is 14.6 Å². The summed E-state index contributed by atoms with van der Waals surface area (Å²) in [5.74, 6) is -1.11. The second kappa shape index (κ2) is 14.9. The standard InChI is InChI=1S/C36H39N5O7S/c1-7-14-37-33(43)28-11-9-23(30(40-28)34(44)46-6)24-18-29-26(31-21(12-15-47-29)13-16-49-31)17-25(24)32(42)41-27-10-8-22(39-20(27)2)19-38-35(45)48-36(3,4)5/h8-11,13,16-18H,7,12,14-15,19H2,1-6H3,(H,37,43)(H,38,45)(H,41,42). The number of nitrogens with one attached hydrogen (secondary N) is 3. The van der Waals surface area contributed by atoms with Crippen molar-refractivity contribution in [2.45, 2.75) is 59.6 Å². The van der Waals surface area contributed by atoms with Gasteiger partial charge < -0.3 is 30.2 Å². The molecule has 4 heterocycles. The van der Waals surface area contributed by atoms with Gasteiger partial charge in [0, 0.05) is 40.1 Å². The van der Waals surface area contributed by atoms with Crippen molar-refractivity contribution in [1.29, 1.82) is 0 Å². The third-order valence-corrected chi connectivity index (χ3v) is 8.51. The fraction of sp³-hybridized carbons (Fsp3) is 0.333. The number of carbonyl (C=O) groups is 4. The van der Waals surface area contributed by atoms with Gasteiger partial charge in [-0.3, -0.25) is 14.6 Å². The molecular formula is C36H39N5O7S. The van der Waals surface area contributed by atoms with Crippen molar-refractivity contribution in [2.75, 3.05) is 25.6 Å². The number of ether oxygens (including phenoxy) is 3. The molecule has 0 saturated carbocycles. The smallest absolute Gasteiger partial charge is 0.407 e. The normalized spacial score (nSPS) is 12.0. The van der Waals surface area contributed by atoms with Crippen LogP contribution in [0.5, 0.6) is 5.75 Å². The number of carbonyl (C=O) groups excluding carboxylic acids is 4. The molecule has 1 aliphatic heterocycles. The fourth-order valence-corrected chi connectivity index (χ4v) is 6.20. The molecule has 5 rings (SSSR count). The molecule has 3 aromatic heterocycles. The number of methoxy groups -OCH3 is 1. The molecule has 3 N–H and O–H groups in total. The number of alkyl carbamates (subject to hydrolysis) is 1. The number of amides is 3. The monoisotopic (exact) mass is 685 g/mol. The van der Waals surface area contributed by atoms with Crippen LogP contribution in [0.1, 0.15) is 82.4 Å². The van der Waals surface area contributed by atoms with E-state index in [1.807, 2.05) is 18.4 Å². The number of anilines is 1. The van der Waals surface area contributed by atoms with E-state index in [1.54, 1.807) is 69.4 Å². The lowest BCUT2D eigenvalue weighted by molar-refractivity contribution is 0.0521. The molecule has 49 heavy (non-hydrogen) atoms. The minimum absolute atomic E-state index is 0.0424. The van der Waals surface area contributed by atoms with E-state index in [9.17, 15) is 19.2 Å². The maximum Gasteiger partial charge on any atom is 0.407 e.